The first kappa shape index (κ1) is 18.0. The molecule has 0 fully saturated rings. The van der Waals surface area contributed by atoms with Gasteiger partial charge in [0.1, 0.15) is 11.7 Å². The number of ether oxygens (including phenoxy) is 1. The number of alkyl carbamates (subject to hydrolysis) is 1. The molecule has 0 saturated heterocycles. The van der Waals surface area contributed by atoms with Crippen LogP contribution >= 0.6 is 0 Å². The first-order valence-electron chi connectivity index (χ1n) is 7.01. The highest BCUT2D eigenvalue weighted by Gasteiger charge is 2.19. The fourth-order valence-electron chi connectivity index (χ4n) is 1.80. The number of aliphatic hydroxyl groups excluding tert-OH is 2. The van der Waals surface area contributed by atoms with Gasteiger partial charge < -0.3 is 20.3 Å². The summed E-state index contributed by atoms with van der Waals surface area (Å²) >= 11 is 0. The molecule has 22 heavy (non-hydrogen) atoms. The number of rotatable bonds is 5. The summed E-state index contributed by atoms with van der Waals surface area (Å²) in [6, 6.07) is 8.63. The van der Waals surface area contributed by atoms with Gasteiger partial charge in [-0.3, -0.25) is 0 Å². The Balaban J connectivity index is 2.65. The maximum Gasteiger partial charge on any atom is 0.407 e. The molecule has 3 N–H and O–H groups in total. The second kappa shape index (κ2) is 7.78. The van der Waals surface area contributed by atoms with E-state index in [1.807, 2.05) is 6.07 Å². The highest BCUT2D eigenvalue weighted by atomic mass is 16.6. The Hall–Kier alpha value is -2.10. The molecule has 2 atom stereocenters. The Labute approximate surface area is 130 Å². The molecule has 0 heterocycles. The molecular formula is C16H22N2O4. The summed E-state index contributed by atoms with van der Waals surface area (Å²) in [7, 11) is 0. The van der Waals surface area contributed by atoms with E-state index in [9.17, 15) is 15.0 Å². The molecular weight excluding hydrogens is 284 g/mol. The van der Waals surface area contributed by atoms with Crippen molar-refractivity contribution >= 4 is 6.09 Å². The number of nitriles is 1. The lowest BCUT2D eigenvalue weighted by atomic mass is 10.0. The Kier molecular flexibility index (Phi) is 6.35. The van der Waals surface area contributed by atoms with Crippen LogP contribution in [0.4, 0.5) is 4.79 Å². The van der Waals surface area contributed by atoms with E-state index in [1.165, 1.54) is 0 Å². The average Bonchev–Trinajstić information content (AvgIpc) is 2.43. The number of hydrogen-bond acceptors (Lipinski definition) is 5. The van der Waals surface area contributed by atoms with Crippen molar-refractivity contribution in [3.8, 4) is 6.07 Å². The third-order valence-corrected chi connectivity index (χ3v) is 2.79. The van der Waals surface area contributed by atoms with Gasteiger partial charge in [0, 0.05) is 6.54 Å². The van der Waals surface area contributed by atoms with E-state index >= 15 is 0 Å². The minimum absolute atomic E-state index is 0.151. The molecule has 120 valence electrons. The molecule has 1 rings (SSSR count). The van der Waals surface area contributed by atoms with E-state index in [4.69, 9.17) is 10.00 Å². The number of hydrogen-bond donors (Lipinski definition) is 3. The molecule has 1 aromatic rings. The second-order valence-electron chi connectivity index (χ2n) is 5.97. The molecule has 0 aliphatic heterocycles. The minimum Gasteiger partial charge on any atom is -0.444 e. The molecule has 0 aliphatic carbocycles. The van der Waals surface area contributed by atoms with Crippen LogP contribution in [-0.2, 0) is 11.3 Å². The van der Waals surface area contributed by atoms with Crippen molar-refractivity contribution in [3.63, 3.8) is 0 Å². The predicted octanol–water partition coefficient (Wildman–Crippen LogP) is 2.02. The molecule has 1 amide bonds. The smallest absolute Gasteiger partial charge is 0.407 e. The SMILES string of the molecule is CC(C)(C)OC(=O)NCc1cccc(C(O)C(O)CC#N)c1. The van der Waals surface area contributed by atoms with Gasteiger partial charge in [-0.1, -0.05) is 24.3 Å². The van der Waals surface area contributed by atoms with Crippen molar-refractivity contribution < 1.29 is 19.7 Å². The van der Waals surface area contributed by atoms with E-state index in [2.05, 4.69) is 5.32 Å². The van der Waals surface area contributed by atoms with Crippen LogP contribution in [0.15, 0.2) is 24.3 Å². The van der Waals surface area contributed by atoms with Crippen LogP contribution < -0.4 is 5.32 Å². The highest BCUT2D eigenvalue weighted by molar-refractivity contribution is 5.67. The van der Waals surface area contributed by atoms with E-state index in [1.54, 1.807) is 45.0 Å². The molecule has 0 aliphatic rings. The van der Waals surface area contributed by atoms with Crippen LogP contribution in [0.3, 0.4) is 0 Å². The summed E-state index contributed by atoms with van der Waals surface area (Å²) in [5, 5.41) is 30.8. The van der Waals surface area contributed by atoms with Crippen molar-refractivity contribution in [2.75, 3.05) is 0 Å². The zero-order chi connectivity index (χ0) is 16.8. The normalized spacial score (nSPS) is 13.8. The van der Waals surface area contributed by atoms with Gasteiger partial charge >= 0.3 is 6.09 Å². The maximum atomic E-state index is 11.6. The molecule has 0 saturated carbocycles. The summed E-state index contributed by atoms with van der Waals surface area (Å²) in [6.45, 7) is 5.57. The average molecular weight is 306 g/mol. The maximum absolute atomic E-state index is 11.6. The second-order valence-corrected chi connectivity index (χ2v) is 5.97. The monoisotopic (exact) mass is 306 g/mol. The number of amides is 1. The van der Waals surface area contributed by atoms with Crippen LogP contribution in [-0.4, -0.2) is 28.0 Å². The number of carbonyl (C=O) groups is 1. The van der Waals surface area contributed by atoms with Crippen LogP contribution in [0, 0.1) is 11.3 Å². The molecule has 0 bridgehead atoms. The Bertz CT molecular complexity index is 546. The van der Waals surface area contributed by atoms with Crippen molar-refractivity contribution in [1.29, 1.82) is 5.26 Å². The summed E-state index contributed by atoms with van der Waals surface area (Å²) in [4.78, 5) is 11.6. The molecule has 6 heteroatoms. The number of nitrogens with zero attached hydrogens (tertiary/aromatic N) is 1. The number of benzene rings is 1. The van der Waals surface area contributed by atoms with Gasteiger partial charge in [-0.05, 0) is 31.9 Å². The zero-order valence-corrected chi connectivity index (χ0v) is 13.0. The summed E-state index contributed by atoms with van der Waals surface area (Å²) in [6.07, 6.45) is -2.95. The van der Waals surface area contributed by atoms with Crippen molar-refractivity contribution in [2.24, 2.45) is 0 Å². The summed E-state index contributed by atoms with van der Waals surface area (Å²) in [5.41, 5.74) is 0.682. The van der Waals surface area contributed by atoms with Crippen LogP contribution in [0.1, 0.15) is 44.4 Å². The number of nitrogens with one attached hydrogen (secondary N) is 1. The minimum atomic E-state index is -1.14. The van der Waals surface area contributed by atoms with Gasteiger partial charge in [0.15, 0.2) is 0 Å². The Morgan fingerprint density at radius 3 is 2.68 bits per heavy atom. The van der Waals surface area contributed by atoms with Gasteiger partial charge in [0.2, 0.25) is 0 Å². The van der Waals surface area contributed by atoms with Gasteiger partial charge in [-0.25, -0.2) is 4.79 Å². The number of aliphatic hydroxyl groups is 2. The summed E-state index contributed by atoms with van der Waals surface area (Å²) in [5.74, 6) is 0. The molecule has 6 nitrogen and oxygen atoms in total. The van der Waals surface area contributed by atoms with Crippen molar-refractivity contribution in [2.45, 2.75) is 51.5 Å². The fourth-order valence-corrected chi connectivity index (χ4v) is 1.80. The van der Waals surface area contributed by atoms with Gasteiger partial charge in [-0.15, -0.1) is 0 Å². The van der Waals surface area contributed by atoms with Crippen molar-refractivity contribution in [3.05, 3.63) is 35.4 Å². The topological polar surface area (TPSA) is 103 Å². The molecule has 0 aromatic heterocycles. The predicted molar refractivity (Wildman–Crippen MR) is 80.7 cm³/mol. The van der Waals surface area contributed by atoms with E-state index < -0.39 is 23.9 Å². The van der Waals surface area contributed by atoms with Crippen LogP contribution in [0.2, 0.25) is 0 Å². The Morgan fingerprint density at radius 2 is 2.09 bits per heavy atom. The fraction of sp³-hybridized carbons (Fsp3) is 0.500. The summed E-state index contributed by atoms with van der Waals surface area (Å²) < 4.78 is 5.13. The van der Waals surface area contributed by atoms with Crippen molar-refractivity contribution in [1.82, 2.24) is 5.32 Å². The first-order chi connectivity index (χ1) is 10.2. The Morgan fingerprint density at radius 1 is 1.41 bits per heavy atom. The van der Waals surface area contributed by atoms with Gasteiger partial charge in [0.25, 0.3) is 0 Å². The molecule has 2 unspecified atom stereocenters. The third kappa shape index (κ3) is 6.12. The lowest BCUT2D eigenvalue weighted by molar-refractivity contribution is 0.0216. The molecule has 0 spiro atoms. The van der Waals surface area contributed by atoms with Gasteiger partial charge in [-0.2, -0.15) is 5.26 Å². The zero-order valence-electron chi connectivity index (χ0n) is 13.0. The highest BCUT2D eigenvalue weighted by Crippen LogP contribution is 2.20. The third-order valence-electron chi connectivity index (χ3n) is 2.79. The van der Waals surface area contributed by atoms with Gasteiger partial charge in [0.05, 0.1) is 18.6 Å². The molecule has 1 aromatic carbocycles. The first-order valence-corrected chi connectivity index (χ1v) is 7.01. The lowest BCUT2D eigenvalue weighted by Gasteiger charge is -2.20. The van der Waals surface area contributed by atoms with Crippen LogP contribution in [0.5, 0.6) is 0 Å². The molecule has 0 radical (unpaired) electrons. The van der Waals surface area contributed by atoms with E-state index in [0.29, 0.717) is 5.56 Å². The largest absolute Gasteiger partial charge is 0.444 e. The number of carbonyl (C=O) groups excluding carboxylic acids is 1. The quantitative estimate of drug-likeness (QED) is 0.772. The van der Waals surface area contributed by atoms with Crippen LogP contribution in [0.25, 0.3) is 0 Å². The van der Waals surface area contributed by atoms with E-state index in [0.717, 1.165) is 5.56 Å². The lowest BCUT2D eigenvalue weighted by Crippen LogP contribution is -2.32. The van der Waals surface area contributed by atoms with E-state index in [-0.39, 0.29) is 13.0 Å². The standard InChI is InChI=1S/C16H22N2O4/c1-16(2,3)22-15(21)18-10-11-5-4-6-12(9-11)14(20)13(19)7-8-17/h4-6,9,13-14,19-20H,7,10H2,1-3H3,(H,18,21).